The molecule has 0 saturated carbocycles. The number of nitrogens with one attached hydrogen (secondary N) is 2. The molecule has 0 bridgehead atoms. The van der Waals surface area contributed by atoms with Gasteiger partial charge in [-0.2, -0.15) is 0 Å². The third-order valence-corrected chi connectivity index (χ3v) is 6.99. The Balaban J connectivity index is 2.08. The van der Waals surface area contributed by atoms with Crippen molar-refractivity contribution >= 4 is 17.9 Å². The molecule has 0 aliphatic rings. The van der Waals surface area contributed by atoms with E-state index in [4.69, 9.17) is 4.74 Å². The fourth-order valence-electron chi connectivity index (χ4n) is 4.76. The van der Waals surface area contributed by atoms with Crippen LogP contribution < -0.4 is 10.6 Å². The first-order valence-electron chi connectivity index (χ1n) is 14.5. The van der Waals surface area contributed by atoms with Crippen LogP contribution in [0, 0.1) is 13.8 Å². The topological polar surface area (TPSA) is 108 Å². The Hall–Kier alpha value is -4.33. The van der Waals surface area contributed by atoms with Crippen LogP contribution in [-0.4, -0.2) is 45.1 Å². The van der Waals surface area contributed by atoms with Crippen LogP contribution in [0.15, 0.2) is 72.8 Å². The number of amides is 3. The van der Waals surface area contributed by atoms with Crippen molar-refractivity contribution in [3.05, 3.63) is 101 Å². The highest BCUT2D eigenvalue weighted by Gasteiger charge is 2.42. The summed E-state index contributed by atoms with van der Waals surface area (Å²) in [6, 6.07) is 19.7. The maximum atomic E-state index is 14.6. The number of phenolic OH excluding ortho intramolecular Hbond substituents is 1. The number of carbonyl (C=O) groups excluding carboxylic acids is 3. The van der Waals surface area contributed by atoms with Crippen molar-refractivity contribution in [2.24, 2.45) is 0 Å². The SMILES string of the molecule is Cc1ccc(C(C(=O)NCc2ccccc2)N(C(=O)C(Cc2ccc(O)cc2)NC(=O)OC(C)(C)C)C(C)(C)C)cc1C. The molecule has 3 N–H and O–H groups in total. The molecule has 0 saturated heterocycles. The van der Waals surface area contributed by atoms with E-state index in [1.165, 1.54) is 12.1 Å². The molecule has 3 amide bonds. The van der Waals surface area contributed by atoms with Gasteiger partial charge in [-0.15, -0.1) is 0 Å². The van der Waals surface area contributed by atoms with Gasteiger partial charge < -0.3 is 25.4 Å². The molecule has 0 aliphatic heterocycles. The van der Waals surface area contributed by atoms with E-state index in [0.717, 1.165) is 22.3 Å². The Morgan fingerprint density at radius 3 is 2.02 bits per heavy atom. The van der Waals surface area contributed by atoms with Crippen molar-refractivity contribution in [1.82, 2.24) is 15.5 Å². The maximum Gasteiger partial charge on any atom is 0.408 e. The number of alkyl carbamates (subject to hydrolysis) is 1. The molecule has 0 spiro atoms. The van der Waals surface area contributed by atoms with Gasteiger partial charge in [-0.25, -0.2) is 4.79 Å². The van der Waals surface area contributed by atoms with Crippen LogP contribution in [0.3, 0.4) is 0 Å². The molecule has 3 rings (SSSR count). The average Bonchev–Trinajstić information content (AvgIpc) is 2.91. The zero-order chi connectivity index (χ0) is 31.9. The summed E-state index contributed by atoms with van der Waals surface area (Å²) in [6.45, 7) is 15.1. The van der Waals surface area contributed by atoms with Gasteiger partial charge >= 0.3 is 6.09 Å². The third-order valence-electron chi connectivity index (χ3n) is 6.99. The van der Waals surface area contributed by atoms with Crippen molar-refractivity contribution in [2.45, 2.75) is 91.6 Å². The van der Waals surface area contributed by atoms with E-state index in [1.54, 1.807) is 37.8 Å². The number of aryl methyl sites for hydroxylation is 2. The number of hydrogen-bond acceptors (Lipinski definition) is 5. The number of ether oxygens (including phenoxy) is 1. The second-order valence-corrected chi connectivity index (χ2v) is 12.9. The van der Waals surface area contributed by atoms with E-state index in [0.29, 0.717) is 12.1 Å². The summed E-state index contributed by atoms with van der Waals surface area (Å²) in [5.74, 6) is -0.687. The maximum absolute atomic E-state index is 14.6. The van der Waals surface area contributed by atoms with Gasteiger partial charge in [-0.3, -0.25) is 9.59 Å². The number of rotatable bonds is 9. The molecule has 0 aliphatic carbocycles. The molecular formula is C35H45N3O5. The van der Waals surface area contributed by atoms with Crippen LogP contribution >= 0.6 is 0 Å². The average molecular weight is 588 g/mol. The van der Waals surface area contributed by atoms with E-state index >= 15 is 0 Å². The summed E-state index contributed by atoms with van der Waals surface area (Å²) in [7, 11) is 0. The fourth-order valence-corrected chi connectivity index (χ4v) is 4.76. The predicted octanol–water partition coefficient (Wildman–Crippen LogP) is 6.13. The monoisotopic (exact) mass is 587 g/mol. The Kier molecular flexibility index (Phi) is 10.6. The van der Waals surface area contributed by atoms with Gasteiger partial charge in [-0.05, 0) is 95.3 Å². The molecular weight excluding hydrogens is 542 g/mol. The zero-order valence-corrected chi connectivity index (χ0v) is 26.5. The molecule has 0 heterocycles. The summed E-state index contributed by atoms with van der Waals surface area (Å²) >= 11 is 0. The Bertz CT molecular complexity index is 1410. The first-order valence-corrected chi connectivity index (χ1v) is 14.5. The van der Waals surface area contributed by atoms with Crippen LogP contribution in [0.25, 0.3) is 0 Å². The second-order valence-electron chi connectivity index (χ2n) is 12.9. The molecule has 0 aromatic heterocycles. The van der Waals surface area contributed by atoms with E-state index < -0.39 is 35.2 Å². The third kappa shape index (κ3) is 9.60. The number of benzene rings is 3. The molecule has 8 nitrogen and oxygen atoms in total. The molecule has 230 valence electrons. The number of carbonyl (C=O) groups is 3. The van der Waals surface area contributed by atoms with Gasteiger partial charge in [-0.1, -0.05) is 60.7 Å². The summed E-state index contributed by atoms with van der Waals surface area (Å²) in [5.41, 5.74) is 2.77. The van der Waals surface area contributed by atoms with Gasteiger partial charge in [0.1, 0.15) is 23.4 Å². The number of hydrogen-bond donors (Lipinski definition) is 3. The molecule has 8 heteroatoms. The first kappa shape index (κ1) is 33.2. The lowest BCUT2D eigenvalue weighted by atomic mass is 9.92. The molecule has 43 heavy (non-hydrogen) atoms. The highest BCUT2D eigenvalue weighted by molar-refractivity contribution is 5.93. The molecule has 2 unspecified atom stereocenters. The molecule has 2 atom stereocenters. The van der Waals surface area contributed by atoms with E-state index in [1.807, 2.05) is 83.1 Å². The predicted molar refractivity (Wildman–Crippen MR) is 169 cm³/mol. The highest BCUT2D eigenvalue weighted by Crippen LogP contribution is 2.32. The summed E-state index contributed by atoms with van der Waals surface area (Å²) in [4.78, 5) is 43.3. The van der Waals surface area contributed by atoms with Gasteiger partial charge in [0.05, 0.1) is 0 Å². The summed E-state index contributed by atoms with van der Waals surface area (Å²) in [6.07, 6.45) is -0.620. The van der Waals surface area contributed by atoms with E-state index in [-0.39, 0.29) is 18.1 Å². The summed E-state index contributed by atoms with van der Waals surface area (Å²) in [5, 5.41) is 15.6. The Morgan fingerprint density at radius 2 is 1.47 bits per heavy atom. The minimum atomic E-state index is -1.06. The first-order chi connectivity index (χ1) is 20.0. The van der Waals surface area contributed by atoms with Crippen LogP contribution in [0.5, 0.6) is 5.75 Å². The highest BCUT2D eigenvalue weighted by atomic mass is 16.6. The van der Waals surface area contributed by atoms with Crippen molar-refractivity contribution in [1.29, 1.82) is 0 Å². The molecule has 0 radical (unpaired) electrons. The van der Waals surface area contributed by atoms with Crippen LogP contribution in [0.4, 0.5) is 4.79 Å². The van der Waals surface area contributed by atoms with Crippen molar-refractivity contribution in [2.75, 3.05) is 0 Å². The smallest absolute Gasteiger partial charge is 0.408 e. The quantitative estimate of drug-likeness (QED) is 0.279. The van der Waals surface area contributed by atoms with Crippen LogP contribution in [0.1, 0.15) is 75.4 Å². The van der Waals surface area contributed by atoms with Gasteiger partial charge in [0.15, 0.2) is 0 Å². The lowest BCUT2D eigenvalue weighted by Gasteiger charge is -2.43. The number of phenols is 1. The number of aromatic hydroxyl groups is 1. The van der Waals surface area contributed by atoms with Crippen LogP contribution in [-0.2, 0) is 27.3 Å². The molecule has 3 aromatic rings. The fraction of sp³-hybridized carbons (Fsp3) is 0.400. The zero-order valence-electron chi connectivity index (χ0n) is 26.5. The van der Waals surface area contributed by atoms with E-state index in [2.05, 4.69) is 10.6 Å². The Morgan fingerprint density at radius 1 is 0.837 bits per heavy atom. The normalized spacial score (nSPS) is 13.0. The lowest BCUT2D eigenvalue weighted by Crippen LogP contribution is -2.59. The van der Waals surface area contributed by atoms with Crippen molar-refractivity contribution in [3.63, 3.8) is 0 Å². The van der Waals surface area contributed by atoms with Crippen molar-refractivity contribution in [3.8, 4) is 5.75 Å². The standard InChI is InChI=1S/C35H45N3O5/c1-23-14-17-27(20-24(23)2)30(31(40)36-22-26-12-10-9-11-13-26)38(34(3,4)5)32(41)29(37-33(42)43-35(6,7)8)21-25-15-18-28(39)19-16-25/h9-20,29-30,39H,21-22H2,1-8H3,(H,36,40)(H,37,42). The van der Waals surface area contributed by atoms with Crippen LogP contribution in [0.2, 0.25) is 0 Å². The van der Waals surface area contributed by atoms with Gasteiger partial charge in [0.25, 0.3) is 0 Å². The lowest BCUT2D eigenvalue weighted by molar-refractivity contribution is -0.148. The van der Waals surface area contributed by atoms with Gasteiger partial charge in [0.2, 0.25) is 11.8 Å². The van der Waals surface area contributed by atoms with Gasteiger partial charge in [0, 0.05) is 18.5 Å². The van der Waals surface area contributed by atoms with E-state index in [9.17, 15) is 19.5 Å². The second kappa shape index (κ2) is 13.8. The molecule has 3 aromatic carbocycles. The minimum Gasteiger partial charge on any atom is -0.508 e. The number of nitrogens with zero attached hydrogens (tertiary/aromatic N) is 1. The summed E-state index contributed by atoms with van der Waals surface area (Å²) < 4.78 is 5.51. The van der Waals surface area contributed by atoms with Crippen molar-refractivity contribution < 1.29 is 24.2 Å². The minimum absolute atomic E-state index is 0.0907. The Labute approximate surface area is 255 Å². The molecule has 0 fully saturated rings. The largest absolute Gasteiger partial charge is 0.508 e.